The van der Waals surface area contributed by atoms with Gasteiger partial charge in [-0.2, -0.15) is 4.73 Å². The van der Waals surface area contributed by atoms with Gasteiger partial charge in [0.2, 0.25) is 5.69 Å². The van der Waals surface area contributed by atoms with Crippen LogP contribution in [-0.2, 0) is 62.1 Å². The van der Waals surface area contributed by atoms with E-state index in [2.05, 4.69) is 129 Å². The first-order valence-corrected chi connectivity index (χ1v) is 50.9. The summed E-state index contributed by atoms with van der Waals surface area (Å²) in [6, 6.07) is 29.3. The van der Waals surface area contributed by atoms with Gasteiger partial charge in [-0.05, 0) is 99.3 Å². The van der Waals surface area contributed by atoms with E-state index in [0.717, 1.165) is 0 Å². The van der Waals surface area contributed by atoms with Crippen molar-refractivity contribution in [1.82, 2.24) is 58.6 Å². The molecule has 3 aliphatic rings. The quantitative estimate of drug-likeness (QED) is 0.0145. The Morgan fingerprint density at radius 2 is 0.863 bits per heavy atom. The van der Waals surface area contributed by atoms with Gasteiger partial charge in [0.05, 0.1) is 44.4 Å². The number of anilines is 3. The predicted octanol–water partition coefficient (Wildman–Crippen LogP) is 13.1. The zero-order valence-electron chi connectivity index (χ0n) is 68.6. The van der Waals surface area contributed by atoms with E-state index < -0.39 is 107 Å². The Morgan fingerprint density at radius 3 is 1.21 bits per heavy atom. The van der Waals surface area contributed by atoms with Crippen LogP contribution in [0.3, 0.4) is 0 Å². The Labute approximate surface area is 679 Å². The maximum atomic E-state index is 13.0. The van der Waals surface area contributed by atoms with Crippen LogP contribution in [-0.4, -0.2) is 193 Å². The van der Waals surface area contributed by atoms with E-state index in [4.69, 9.17) is 46.5 Å². The van der Waals surface area contributed by atoms with Crippen LogP contribution < -0.4 is 25.4 Å². The Hall–Kier alpha value is -8.85. The topological polar surface area (TPSA) is 429 Å². The molecule has 3 aromatic carbocycles. The summed E-state index contributed by atoms with van der Waals surface area (Å²) in [6.45, 7) is 33.5. The number of hydrogen-bond acceptors (Lipinski definition) is 27. The Morgan fingerprint density at radius 1 is 0.521 bits per heavy atom. The molecule has 117 heavy (non-hydrogen) atoms. The summed E-state index contributed by atoms with van der Waals surface area (Å²) >= 11 is 0. The highest BCUT2D eigenvalue weighted by atomic mass is 31.2. The highest BCUT2D eigenvalue weighted by Crippen LogP contribution is 2.50. The van der Waals surface area contributed by atoms with Crippen molar-refractivity contribution < 1.29 is 89.3 Å². The normalized spacial score (nSPS) is 22.4. The Bertz CT molecular complexity index is 5280. The lowest BCUT2D eigenvalue weighted by atomic mass is 10.1. The summed E-state index contributed by atoms with van der Waals surface area (Å²) in [5, 5.41) is 31.1. The van der Waals surface area contributed by atoms with Gasteiger partial charge >= 0.3 is 7.60 Å². The minimum Gasteiger partial charge on any atom is -0.618 e. The second-order valence-electron chi connectivity index (χ2n) is 32.9. The lowest BCUT2D eigenvalue weighted by Gasteiger charge is -2.40. The van der Waals surface area contributed by atoms with Crippen molar-refractivity contribution in [3.8, 4) is 5.75 Å². The van der Waals surface area contributed by atoms with E-state index in [0.29, 0.717) is 66.5 Å². The number of aromatic nitrogens is 13. The minimum atomic E-state index is -4.34. The van der Waals surface area contributed by atoms with Crippen molar-refractivity contribution in [3.05, 3.63) is 175 Å². The van der Waals surface area contributed by atoms with Crippen LogP contribution in [0.5, 0.6) is 5.75 Å². The fourth-order valence-electron chi connectivity index (χ4n) is 12.2. The van der Waals surface area contributed by atoms with Gasteiger partial charge < -0.3 is 82.3 Å². The molecule has 5 N–H and O–H groups in total. The summed E-state index contributed by atoms with van der Waals surface area (Å²) in [7, 11) is -12.3. The molecule has 7 aromatic heterocycles. The minimum absolute atomic E-state index is 0.0210. The van der Waals surface area contributed by atoms with Crippen LogP contribution >= 0.6 is 21.9 Å². The summed E-state index contributed by atoms with van der Waals surface area (Å²) in [4.78, 5) is 88.0. The number of aliphatic hydroxyl groups is 1. The number of amides is 3. The van der Waals surface area contributed by atoms with Gasteiger partial charge in [0.25, 0.3) is 17.7 Å². The molecule has 4 unspecified atom stereocenters. The maximum Gasteiger partial charge on any atom is 0.354 e. The number of pyridine rings is 1. The number of hydrogen-bond donors (Lipinski definition) is 5. The van der Waals surface area contributed by atoms with E-state index in [-0.39, 0.29) is 75.8 Å². The fourth-order valence-corrected chi connectivity index (χ4v) is 16.7. The van der Waals surface area contributed by atoms with Crippen LogP contribution in [0.2, 0.25) is 36.3 Å². The molecule has 10 aromatic rings. The molecule has 0 spiro atoms. The zero-order chi connectivity index (χ0) is 84.9. The highest BCUT2D eigenvalue weighted by molar-refractivity contribution is 7.62. The van der Waals surface area contributed by atoms with Crippen molar-refractivity contribution >= 4 is 107 Å². The van der Waals surface area contributed by atoms with Crippen LogP contribution in [0.4, 0.5) is 17.5 Å². The molecule has 0 bridgehead atoms. The molecule has 35 nitrogen and oxygen atoms in total. The average molecular weight is 1710 g/mol. The molecule has 3 amide bonds. The van der Waals surface area contributed by atoms with Crippen LogP contribution in [0.15, 0.2) is 147 Å². The van der Waals surface area contributed by atoms with E-state index >= 15 is 0 Å². The van der Waals surface area contributed by atoms with Crippen LogP contribution in [0.1, 0.15) is 118 Å². The molecule has 0 saturated carbocycles. The zero-order valence-corrected chi connectivity index (χ0v) is 73.3. The standard InChI is InChI=1S/C31H41N6O9PSi.C26H38N5O5PSi.C20H24N5O5P/c1-20-25(46-48(6,7)31(2,3)4)29(45-30(20)43-19-47(40,41)44-16-22-15-23(42-5)13-14-37(22)39)36-18-34-24-26(32-17-33-27(24)36)35-28(38)21-11-9-8-10-12-21;1-17-20(36-38(7,8)26(2,3)4)24(35-25(17)34-16-37(5,6)33)31-15-29-19-21(27-14-28-22(19)31)30-23(32)18-12-10-9-11-13-18;1-12-15(26)19(30-20(12)29-11-31(2,3)28)25-10-23-14-16(21-9-22-17(14)25)24-18(27)13-7-5-4-6-8-13/h8-15,17-18,20,25,29-30H,16,19H2,1-7H3,(H,40,41)(H,32,33,35,38);9-15,17,20,24-25H,16H2,1-8H3,(H,27,28,30,32);4-10,12,15,19-20,26H,11H2,1-3H3,(H,21,22,24,27)/t20-,25?,29-,30+;17-,20?,24-,25+;12-,15?,19-,20+/m111/s1. The molecular weight excluding hydrogens is 1600 g/mol. The van der Waals surface area contributed by atoms with E-state index in [1.807, 2.05) is 36.6 Å². The largest absolute Gasteiger partial charge is 0.618 e. The molecule has 10 heterocycles. The number of imidazole rings is 3. The second kappa shape index (κ2) is 36.4. The number of rotatable bonds is 26. The number of aliphatic hydroxyl groups excluding tert-OH is 1. The third-order valence-corrected chi connectivity index (χ3v) is 32.3. The molecule has 3 aliphatic heterocycles. The summed E-state index contributed by atoms with van der Waals surface area (Å²) in [5.74, 6) is -0.685. The lowest BCUT2D eigenvalue weighted by Crippen LogP contribution is -2.46. The number of carbonyl (C=O) groups excluding carboxylic acids is 3. The van der Waals surface area contributed by atoms with Gasteiger partial charge in [-0.3, -0.25) is 37.2 Å². The van der Waals surface area contributed by atoms with Gasteiger partial charge in [0, 0.05) is 40.5 Å². The lowest BCUT2D eigenvalue weighted by molar-refractivity contribution is -0.616. The number of methoxy groups -OCH3 is 1. The monoisotopic (exact) mass is 1700 g/mol. The van der Waals surface area contributed by atoms with Crippen LogP contribution in [0, 0.1) is 23.0 Å². The fraction of sp³-hybridized carbons (Fsp3) is 0.468. The first-order chi connectivity index (χ1) is 55.0. The molecule has 40 heteroatoms. The average Bonchev–Trinajstić information content (AvgIpc) is 1.62. The first-order valence-electron chi connectivity index (χ1n) is 37.8. The number of ether oxygens (including phenoxy) is 7. The number of nitrogens with one attached hydrogen (secondary N) is 3. The second-order valence-corrected chi connectivity index (χ2v) is 51.0. The Kier molecular flexibility index (Phi) is 27.7. The van der Waals surface area contributed by atoms with Gasteiger partial charge in [0.15, 0.2) is 118 Å². The van der Waals surface area contributed by atoms with Crippen molar-refractivity contribution in [3.63, 3.8) is 0 Å². The van der Waals surface area contributed by atoms with Gasteiger partial charge in [-0.15, -0.1) is 0 Å². The summed E-state index contributed by atoms with van der Waals surface area (Å²) in [6.07, 6.45) is 3.04. The molecule has 3 fully saturated rings. The first kappa shape index (κ1) is 89.0. The number of nitrogens with zero attached hydrogens (tertiary/aromatic N) is 13. The molecule has 0 aliphatic carbocycles. The van der Waals surface area contributed by atoms with E-state index in [9.17, 15) is 43.3 Å². The highest BCUT2D eigenvalue weighted by Gasteiger charge is 2.53. The third-order valence-electron chi connectivity index (χ3n) is 20.8. The van der Waals surface area contributed by atoms with Gasteiger partial charge in [0.1, 0.15) is 64.4 Å². The van der Waals surface area contributed by atoms with E-state index in [1.54, 1.807) is 122 Å². The van der Waals surface area contributed by atoms with Gasteiger partial charge in [-0.25, -0.2) is 44.9 Å². The third kappa shape index (κ3) is 21.4. The van der Waals surface area contributed by atoms with E-state index in [1.165, 1.54) is 57.1 Å². The van der Waals surface area contributed by atoms with Crippen molar-refractivity contribution in [2.75, 3.05) is 68.8 Å². The predicted molar refractivity (Wildman–Crippen MR) is 442 cm³/mol. The Balaban J connectivity index is 0.000000177. The van der Waals surface area contributed by atoms with Crippen molar-refractivity contribution in [2.45, 2.75) is 161 Å². The number of benzene rings is 3. The molecule has 628 valence electrons. The van der Waals surface area contributed by atoms with Crippen LogP contribution in [0.25, 0.3) is 33.5 Å². The SMILES string of the molecule is COc1cc[n+]([O-])c(COP(=O)(O)CO[C@H]2O[C@@H](n3cnc4c(NC(=O)c5ccccc5)ncnc43)C(O[Si](C)(C)C(C)(C)C)[C@H]2C)c1.C[C@@H]1C(O)[C@H](n2cnc3c(NC(=O)c4ccccc4)ncnc32)O[C@@H]1OCP(C)(C)=O.C[C@@H]1C(O[Si](C)(C)C(C)(C)C)[C@H](n2cnc3c(NC(=O)c4ccccc4)ncnc32)O[C@@H]1OCP(C)(C)=O. The summed E-state index contributed by atoms with van der Waals surface area (Å²) < 4.78 is 103. The molecule has 0 radical (unpaired) electrons. The molecule has 3 saturated heterocycles. The number of carbonyl (C=O) groups is 3. The summed E-state index contributed by atoms with van der Waals surface area (Å²) in [5.41, 5.74) is 3.98. The van der Waals surface area contributed by atoms with Crippen molar-refractivity contribution in [1.29, 1.82) is 0 Å². The molecule has 13 atom stereocenters. The molecular formula is C77H103N16O19P3Si2. The maximum absolute atomic E-state index is 13.0. The van der Waals surface area contributed by atoms with Gasteiger partial charge in [-0.1, -0.05) is 117 Å². The smallest absolute Gasteiger partial charge is 0.354 e. The molecule has 13 rings (SSSR count). The van der Waals surface area contributed by atoms with Crippen molar-refractivity contribution in [2.24, 2.45) is 17.8 Å². The number of fused-ring (bicyclic) bond motifs is 3.